The van der Waals surface area contributed by atoms with Crippen LogP contribution in [0.2, 0.25) is 0 Å². The number of methoxy groups -OCH3 is 1. The normalized spacial score (nSPS) is 11.3. The largest absolute Gasteiger partial charge is 0.496 e. The highest BCUT2D eigenvalue weighted by Crippen LogP contribution is 2.42. The summed E-state index contributed by atoms with van der Waals surface area (Å²) in [5.41, 5.74) is -0.0927. The van der Waals surface area contributed by atoms with E-state index in [2.05, 4.69) is 0 Å². The van der Waals surface area contributed by atoms with Crippen LogP contribution in [0.25, 0.3) is 11.1 Å². The number of rotatable bonds is 2. The lowest BCUT2D eigenvalue weighted by atomic mass is 9.98. The van der Waals surface area contributed by atoms with Crippen LogP contribution >= 0.6 is 0 Å². The third-order valence-electron chi connectivity index (χ3n) is 2.61. The Bertz CT molecular complexity index is 532. The standard InChI is InChI=1S/C14H11F3O/c1-18-12-9-5-8-11(13(12)14(15,16)17)10-6-3-2-4-7-10/h2-9H,1H3. The Morgan fingerprint density at radius 3 is 2.11 bits per heavy atom. The van der Waals surface area contributed by atoms with Crippen molar-refractivity contribution in [1.82, 2.24) is 0 Å². The lowest BCUT2D eigenvalue weighted by Crippen LogP contribution is -2.09. The maximum absolute atomic E-state index is 13.1. The van der Waals surface area contributed by atoms with Gasteiger partial charge < -0.3 is 4.74 Å². The summed E-state index contributed by atoms with van der Waals surface area (Å²) in [6.07, 6.45) is -4.45. The molecule has 2 aromatic carbocycles. The van der Waals surface area contributed by atoms with E-state index < -0.39 is 11.7 Å². The van der Waals surface area contributed by atoms with Gasteiger partial charge in [0.15, 0.2) is 0 Å². The third-order valence-corrected chi connectivity index (χ3v) is 2.61. The molecule has 4 heteroatoms. The Morgan fingerprint density at radius 1 is 0.889 bits per heavy atom. The summed E-state index contributed by atoms with van der Waals surface area (Å²) in [6.45, 7) is 0. The van der Waals surface area contributed by atoms with Crippen LogP contribution in [0.4, 0.5) is 13.2 Å². The van der Waals surface area contributed by atoms with E-state index in [-0.39, 0.29) is 11.3 Å². The Morgan fingerprint density at radius 2 is 1.56 bits per heavy atom. The summed E-state index contributed by atoms with van der Waals surface area (Å²) in [6, 6.07) is 12.8. The van der Waals surface area contributed by atoms with Crippen LogP contribution in [0.15, 0.2) is 48.5 Å². The first-order chi connectivity index (χ1) is 8.54. The van der Waals surface area contributed by atoms with Gasteiger partial charge >= 0.3 is 6.18 Å². The van der Waals surface area contributed by atoms with Crippen molar-refractivity contribution in [3.8, 4) is 16.9 Å². The van der Waals surface area contributed by atoms with Crippen molar-refractivity contribution >= 4 is 0 Å². The molecule has 2 rings (SSSR count). The Labute approximate surface area is 103 Å². The van der Waals surface area contributed by atoms with E-state index in [0.717, 1.165) is 0 Å². The highest BCUT2D eigenvalue weighted by molar-refractivity contribution is 5.70. The van der Waals surface area contributed by atoms with Gasteiger partial charge in [-0.05, 0) is 17.2 Å². The number of hydrogen-bond acceptors (Lipinski definition) is 1. The number of benzene rings is 2. The molecule has 0 aliphatic carbocycles. The Kier molecular flexibility index (Phi) is 3.28. The monoisotopic (exact) mass is 252 g/mol. The summed E-state index contributed by atoms with van der Waals surface area (Å²) < 4.78 is 44.1. The van der Waals surface area contributed by atoms with Crippen LogP contribution < -0.4 is 4.74 Å². The van der Waals surface area contributed by atoms with E-state index in [9.17, 15) is 13.2 Å². The molecule has 0 fully saturated rings. The van der Waals surface area contributed by atoms with Gasteiger partial charge in [-0.25, -0.2) is 0 Å². The van der Waals surface area contributed by atoms with Crippen molar-refractivity contribution in [2.75, 3.05) is 7.11 Å². The zero-order chi connectivity index (χ0) is 13.2. The molecule has 2 aromatic rings. The zero-order valence-corrected chi connectivity index (χ0v) is 9.66. The predicted molar refractivity (Wildman–Crippen MR) is 63.4 cm³/mol. The van der Waals surface area contributed by atoms with Crippen molar-refractivity contribution < 1.29 is 17.9 Å². The van der Waals surface area contributed by atoms with Gasteiger partial charge in [0.25, 0.3) is 0 Å². The molecule has 0 spiro atoms. The first-order valence-corrected chi connectivity index (χ1v) is 5.33. The molecule has 0 heterocycles. The third kappa shape index (κ3) is 2.32. The lowest BCUT2D eigenvalue weighted by Gasteiger charge is -2.16. The van der Waals surface area contributed by atoms with Gasteiger partial charge in [0.05, 0.1) is 7.11 Å². The van der Waals surface area contributed by atoms with Gasteiger partial charge in [-0.3, -0.25) is 0 Å². The van der Waals surface area contributed by atoms with Crippen LogP contribution in [0, 0.1) is 0 Å². The van der Waals surface area contributed by atoms with Gasteiger partial charge in [0.1, 0.15) is 11.3 Å². The van der Waals surface area contributed by atoms with E-state index in [1.165, 1.54) is 19.2 Å². The van der Waals surface area contributed by atoms with Crippen molar-refractivity contribution in [3.63, 3.8) is 0 Å². The molecular weight excluding hydrogens is 241 g/mol. The van der Waals surface area contributed by atoms with Crippen molar-refractivity contribution in [1.29, 1.82) is 0 Å². The number of hydrogen-bond donors (Lipinski definition) is 0. The minimum atomic E-state index is -4.45. The van der Waals surface area contributed by atoms with Crippen LogP contribution in [-0.2, 0) is 6.18 Å². The summed E-state index contributed by atoms with van der Waals surface area (Å²) in [4.78, 5) is 0. The molecule has 18 heavy (non-hydrogen) atoms. The van der Waals surface area contributed by atoms with Crippen molar-refractivity contribution in [2.45, 2.75) is 6.18 Å². The summed E-state index contributed by atoms with van der Waals surface area (Å²) in [5.74, 6) is -0.163. The van der Waals surface area contributed by atoms with Crippen molar-refractivity contribution in [3.05, 3.63) is 54.1 Å². The second kappa shape index (κ2) is 4.72. The molecule has 0 radical (unpaired) electrons. The first-order valence-electron chi connectivity index (χ1n) is 5.33. The van der Waals surface area contributed by atoms with Gasteiger partial charge in [-0.15, -0.1) is 0 Å². The average molecular weight is 252 g/mol. The lowest BCUT2D eigenvalue weighted by molar-refractivity contribution is -0.138. The zero-order valence-electron chi connectivity index (χ0n) is 9.66. The molecule has 0 N–H and O–H groups in total. The van der Waals surface area contributed by atoms with Gasteiger partial charge in [-0.2, -0.15) is 13.2 Å². The van der Waals surface area contributed by atoms with Gasteiger partial charge in [0.2, 0.25) is 0 Å². The smallest absolute Gasteiger partial charge is 0.420 e. The SMILES string of the molecule is COc1cccc(-c2ccccc2)c1C(F)(F)F. The molecule has 1 nitrogen and oxygen atoms in total. The van der Waals surface area contributed by atoms with Crippen LogP contribution in [0.1, 0.15) is 5.56 Å². The molecule has 0 saturated heterocycles. The second-order valence-electron chi connectivity index (χ2n) is 3.75. The van der Waals surface area contributed by atoms with E-state index in [0.29, 0.717) is 5.56 Å². The van der Waals surface area contributed by atoms with Crippen LogP contribution in [0.3, 0.4) is 0 Å². The summed E-state index contributed by atoms with van der Waals surface area (Å²) >= 11 is 0. The maximum atomic E-state index is 13.1. The molecule has 0 unspecified atom stereocenters. The molecule has 0 aliphatic heterocycles. The van der Waals surface area contributed by atoms with Crippen molar-refractivity contribution in [2.24, 2.45) is 0 Å². The topological polar surface area (TPSA) is 9.23 Å². The summed E-state index contributed by atoms with van der Waals surface area (Å²) in [5, 5.41) is 0. The minimum Gasteiger partial charge on any atom is -0.496 e. The number of halogens is 3. The quantitative estimate of drug-likeness (QED) is 0.770. The van der Waals surface area contributed by atoms with E-state index >= 15 is 0 Å². The second-order valence-corrected chi connectivity index (χ2v) is 3.75. The fraction of sp³-hybridized carbons (Fsp3) is 0.143. The molecule has 0 amide bonds. The minimum absolute atomic E-state index is 0.127. The van der Waals surface area contributed by atoms with Crippen LogP contribution in [0.5, 0.6) is 5.75 Å². The van der Waals surface area contributed by atoms with E-state index in [1.807, 2.05) is 0 Å². The molecule has 0 aliphatic rings. The molecule has 0 saturated carbocycles. The van der Waals surface area contributed by atoms with Gasteiger partial charge in [0, 0.05) is 0 Å². The van der Waals surface area contributed by atoms with Gasteiger partial charge in [-0.1, -0.05) is 42.5 Å². The average Bonchev–Trinajstić information content (AvgIpc) is 2.38. The molecule has 0 atom stereocenters. The van der Waals surface area contributed by atoms with Crippen LogP contribution in [-0.4, -0.2) is 7.11 Å². The molecule has 0 bridgehead atoms. The predicted octanol–water partition coefficient (Wildman–Crippen LogP) is 4.38. The Hall–Kier alpha value is -1.97. The number of alkyl halides is 3. The van der Waals surface area contributed by atoms with E-state index in [1.54, 1.807) is 36.4 Å². The first kappa shape index (κ1) is 12.5. The number of ether oxygens (including phenoxy) is 1. The highest BCUT2D eigenvalue weighted by atomic mass is 19.4. The summed E-state index contributed by atoms with van der Waals surface area (Å²) in [7, 11) is 1.24. The molecule has 0 aromatic heterocycles. The van der Waals surface area contributed by atoms with E-state index in [4.69, 9.17) is 4.74 Å². The maximum Gasteiger partial charge on any atom is 0.420 e. The fourth-order valence-electron chi connectivity index (χ4n) is 1.85. The molecule has 94 valence electrons. The fourth-order valence-corrected chi connectivity index (χ4v) is 1.85. The highest BCUT2D eigenvalue weighted by Gasteiger charge is 2.37. The molecular formula is C14H11F3O. The Balaban J connectivity index is 2.68.